The number of benzene rings is 1. The minimum absolute atomic E-state index is 0.0717. The van der Waals surface area contributed by atoms with E-state index in [0.717, 1.165) is 0 Å². The van der Waals surface area contributed by atoms with E-state index in [2.05, 4.69) is 5.32 Å². The van der Waals surface area contributed by atoms with E-state index in [-0.39, 0.29) is 12.0 Å². The monoisotopic (exact) mass is 307 g/mol. The Kier molecular flexibility index (Phi) is 6.89. The van der Waals surface area contributed by atoms with Gasteiger partial charge in [-0.05, 0) is 51.0 Å². The van der Waals surface area contributed by atoms with Crippen molar-refractivity contribution in [2.45, 2.75) is 46.8 Å². The second kappa shape index (κ2) is 8.41. The van der Waals surface area contributed by atoms with Gasteiger partial charge in [0.2, 0.25) is 0 Å². The van der Waals surface area contributed by atoms with Gasteiger partial charge in [-0.25, -0.2) is 4.79 Å². The molecular formula is C17H25NO4. The largest absolute Gasteiger partial charge is 0.491 e. The van der Waals surface area contributed by atoms with E-state index in [1.165, 1.54) is 0 Å². The fourth-order valence-corrected chi connectivity index (χ4v) is 1.67. The predicted octanol–water partition coefficient (Wildman–Crippen LogP) is 2.79. The maximum Gasteiger partial charge on any atom is 0.338 e. The number of carbonyl (C=O) groups excluding carboxylic acids is 2. The minimum Gasteiger partial charge on any atom is -0.491 e. The molecule has 122 valence electrons. The molecule has 0 fully saturated rings. The lowest BCUT2D eigenvalue weighted by Crippen LogP contribution is -2.37. The zero-order valence-corrected chi connectivity index (χ0v) is 13.9. The molecule has 0 spiro atoms. The molecule has 5 heteroatoms. The van der Waals surface area contributed by atoms with Gasteiger partial charge >= 0.3 is 5.97 Å². The van der Waals surface area contributed by atoms with E-state index < -0.39 is 12.1 Å². The molecule has 22 heavy (non-hydrogen) atoms. The van der Waals surface area contributed by atoms with E-state index in [1.807, 2.05) is 27.7 Å². The van der Waals surface area contributed by atoms with Crippen LogP contribution >= 0.6 is 0 Å². The van der Waals surface area contributed by atoms with Gasteiger partial charge in [0.1, 0.15) is 5.75 Å². The van der Waals surface area contributed by atoms with Crippen LogP contribution in [0.4, 0.5) is 0 Å². The van der Waals surface area contributed by atoms with Crippen molar-refractivity contribution >= 4 is 11.9 Å². The lowest BCUT2D eigenvalue weighted by Gasteiger charge is -2.15. The van der Waals surface area contributed by atoms with Gasteiger partial charge in [-0.15, -0.1) is 0 Å². The van der Waals surface area contributed by atoms with Gasteiger partial charge in [-0.2, -0.15) is 0 Å². The summed E-state index contributed by atoms with van der Waals surface area (Å²) in [5.74, 6) is 0.222. The first kappa shape index (κ1) is 18.0. The Labute approximate surface area is 132 Å². The van der Waals surface area contributed by atoms with Crippen molar-refractivity contribution in [2.75, 3.05) is 6.54 Å². The lowest BCUT2D eigenvalue weighted by molar-refractivity contribution is -0.129. The molecule has 1 N–H and O–H groups in total. The molecule has 0 bridgehead atoms. The van der Waals surface area contributed by atoms with E-state index in [9.17, 15) is 9.59 Å². The third-order valence-corrected chi connectivity index (χ3v) is 2.80. The molecule has 0 aliphatic rings. The summed E-state index contributed by atoms with van der Waals surface area (Å²) in [4.78, 5) is 23.8. The molecule has 0 aliphatic heterocycles. The highest BCUT2D eigenvalue weighted by Gasteiger charge is 2.18. The summed E-state index contributed by atoms with van der Waals surface area (Å²) in [6.07, 6.45) is -0.750. The van der Waals surface area contributed by atoms with E-state index in [0.29, 0.717) is 23.8 Å². The zero-order valence-electron chi connectivity index (χ0n) is 13.9. The summed E-state index contributed by atoms with van der Waals surface area (Å²) in [5.41, 5.74) is 0.389. The number of ether oxygens (including phenoxy) is 2. The number of amides is 1. The van der Waals surface area contributed by atoms with Crippen molar-refractivity contribution < 1.29 is 19.1 Å². The number of nitrogens with one attached hydrogen (secondary N) is 1. The summed E-state index contributed by atoms with van der Waals surface area (Å²) in [6, 6.07) is 6.66. The van der Waals surface area contributed by atoms with Crippen molar-refractivity contribution in [3.63, 3.8) is 0 Å². The van der Waals surface area contributed by atoms with Gasteiger partial charge in [0.25, 0.3) is 5.91 Å². The van der Waals surface area contributed by atoms with Crippen molar-refractivity contribution in [1.29, 1.82) is 0 Å². The Balaban J connectivity index is 2.55. The summed E-state index contributed by atoms with van der Waals surface area (Å²) in [6.45, 7) is 9.97. The SMILES string of the molecule is CC(C)CNC(=O)[C@@H](C)OC(=O)c1ccc(OC(C)C)cc1. The average molecular weight is 307 g/mol. The van der Waals surface area contributed by atoms with Crippen LogP contribution in [0.15, 0.2) is 24.3 Å². The van der Waals surface area contributed by atoms with Crippen molar-refractivity contribution in [1.82, 2.24) is 5.32 Å². The van der Waals surface area contributed by atoms with E-state index in [1.54, 1.807) is 31.2 Å². The number of rotatable bonds is 7. The van der Waals surface area contributed by atoms with Crippen LogP contribution in [0.5, 0.6) is 5.75 Å². The van der Waals surface area contributed by atoms with Crippen LogP contribution in [0.3, 0.4) is 0 Å². The van der Waals surface area contributed by atoms with Gasteiger partial charge < -0.3 is 14.8 Å². The Morgan fingerprint density at radius 3 is 2.14 bits per heavy atom. The van der Waals surface area contributed by atoms with Gasteiger partial charge in [-0.3, -0.25) is 4.79 Å². The molecule has 1 aromatic rings. The van der Waals surface area contributed by atoms with Crippen molar-refractivity contribution in [3.05, 3.63) is 29.8 Å². The normalized spacial score (nSPS) is 12.1. The standard InChI is InChI=1S/C17H25NO4/c1-11(2)10-18-16(19)13(5)22-17(20)14-6-8-15(9-7-14)21-12(3)4/h6-9,11-13H,10H2,1-5H3,(H,18,19)/t13-/m1/s1. The molecule has 0 saturated heterocycles. The van der Waals surface area contributed by atoms with Crippen LogP contribution in [-0.4, -0.2) is 30.6 Å². The van der Waals surface area contributed by atoms with E-state index in [4.69, 9.17) is 9.47 Å². The first-order valence-corrected chi connectivity index (χ1v) is 7.55. The first-order valence-electron chi connectivity index (χ1n) is 7.55. The number of esters is 1. The highest BCUT2D eigenvalue weighted by Crippen LogP contribution is 2.15. The van der Waals surface area contributed by atoms with Gasteiger partial charge in [0.15, 0.2) is 6.10 Å². The number of carbonyl (C=O) groups is 2. The molecule has 0 unspecified atom stereocenters. The molecule has 1 rings (SSSR count). The smallest absolute Gasteiger partial charge is 0.338 e. The Morgan fingerprint density at radius 1 is 1.05 bits per heavy atom. The highest BCUT2D eigenvalue weighted by atomic mass is 16.5. The Hall–Kier alpha value is -2.04. The van der Waals surface area contributed by atoms with Crippen LogP contribution < -0.4 is 10.1 Å². The molecule has 1 atom stereocenters. The molecule has 0 aromatic heterocycles. The maximum atomic E-state index is 12.0. The van der Waals surface area contributed by atoms with Crippen LogP contribution in [0.25, 0.3) is 0 Å². The summed E-state index contributed by atoms with van der Waals surface area (Å²) in [7, 11) is 0. The highest BCUT2D eigenvalue weighted by molar-refractivity contribution is 5.92. The molecule has 1 amide bonds. The number of hydrogen-bond donors (Lipinski definition) is 1. The minimum atomic E-state index is -0.821. The molecule has 0 saturated carbocycles. The van der Waals surface area contributed by atoms with Gasteiger partial charge in [0.05, 0.1) is 11.7 Å². The lowest BCUT2D eigenvalue weighted by atomic mass is 10.2. The Bertz CT molecular complexity index is 494. The molecule has 5 nitrogen and oxygen atoms in total. The van der Waals surface area contributed by atoms with E-state index >= 15 is 0 Å². The second-order valence-electron chi connectivity index (χ2n) is 5.88. The summed E-state index contributed by atoms with van der Waals surface area (Å²) in [5, 5.41) is 2.73. The molecule has 0 radical (unpaired) electrons. The van der Waals surface area contributed by atoms with Crippen LogP contribution in [0.2, 0.25) is 0 Å². The average Bonchev–Trinajstić information content (AvgIpc) is 2.44. The van der Waals surface area contributed by atoms with Crippen LogP contribution in [0, 0.1) is 5.92 Å². The van der Waals surface area contributed by atoms with Gasteiger partial charge in [-0.1, -0.05) is 13.8 Å². The topological polar surface area (TPSA) is 64.6 Å². The summed E-state index contributed by atoms with van der Waals surface area (Å²) >= 11 is 0. The Morgan fingerprint density at radius 2 is 1.64 bits per heavy atom. The third-order valence-electron chi connectivity index (χ3n) is 2.80. The third kappa shape index (κ3) is 6.16. The zero-order chi connectivity index (χ0) is 16.7. The first-order chi connectivity index (χ1) is 10.3. The van der Waals surface area contributed by atoms with Crippen molar-refractivity contribution in [3.8, 4) is 5.75 Å². The second-order valence-corrected chi connectivity index (χ2v) is 5.88. The van der Waals surface area contributed by atoms with Crippen LogP contribution in [0.1, 0.15) is 45.0 Å². The van der Waals surface area contributed by atoms with Crippen molar-refractivity contribution in [2.24, 2.45) is 5.92 Å². The number of hydrogen-bond acceptors (Lipinski definition) is 4. The summed E-state index contributed by atoms with van der Waals surface area (Å²) < 4.78 is 10.7. The predicted molar refractivity (Wildman–Crippen MR) is 84.9 cm³/mol. The quantitative estimate of drug-likeness (QED) is 0.787. The maximum absolute atomic E-state index is 12.0. The van der Waals surface area contributed by atoms with Gasteiger partial charge in [0, 0.05) is 6.54 Å². The van der Waals surface area contributed by atoms with Crippen LogP contribution in [-0.2, 0) is 9.53 Å². The molecular weight excluding hydrogens is 282 g/mol. The molecule has 1 aromatic carbocycles. The molecule has 0 aliphatic carbocycles. The fourth-order valence-electron chi connectivity index (χ4n) is 1.67. The molecule has 0 heterocycles. The fraction of sp³-hybridized carbons (Fsp3) is 0.529.